The van der Waals surface area contributed by atoms with E-state index >= 15 is 0 Å². The van der Waals surface area contributed by atoms with Crippen molar-refractivity contribution in [2.75, 3.05) is 7.11 Å². The molecule has 0 aromatic heterocycles. The van der Waals surface area contributed by atoms with Crippen LogP contribution in [0, 0.1) is 0 Å². The first-order valence-corrected chi connectivity index (χ1v) is 5.45. The maximum Gasteiger partial charge on any atom is 0.346 e. The van der Waals surface area contributed by atoms with E-state index in [1.165, 1.54) is 7.11 Å². The van der Waals surface area contributed by atoms with Crippen LogP contribution in [0.15, 0.2) is 18.2 Å². The number of aldehydes is 1. The van der Waals surface area contributed by atoms with Crippen molar-refractivity contribution in [2.45, 2.75) is 26.4 Å². The monoisotopic (exact) mass is 236 g/mol. The Bertz CT molecular complexity index is 412. The van der Waals surface area contributed by atoms with Crippen molar-refractivity contribution in [3.8, 4) is 5.75 Å². The van der Waals surface area contributed by atoms with Gasteiger partial charge in [-0.25, -0.2) is 4.79 Å². The molecule has 92 valence electrons. The highest BCUT2D eigenvalue weighted by atomic mass is 16.6. The van der Waals surface area contributed by atoms with Gasteiger partial charge in [0.1, 0.15) is 5.75 Å². The van der Waals surface area contributed by atoms with Crippen molar-refractivity contribution in [2.24, 2.45) is 0 Å². The summed E-state index contributed by atoms with van der Waals surface area (Å²) >= 11 is 0. The maximum absolute atomic E-state index is 11.2. The van der Waals surface area contributed by atoms with Crippen LogP contribution in [0.1, 0.15) is 29.8 Å². The molecule has 0 aliphatic rings. The summed E-state index contributed by atoms with van der Waals surface area (Å²) in [6, 6.07) is 5.32. The Hall–Kier alpha value is -1.84. The molecule has 0 radical (unpaired) electrons. The molecule has 0 spiro atoms. The number of ether oxygens (including phenoxy) is 2. The van der Waals surface area contributed by atoms with Crippen LogP contribution in [0.4, 0.5) is 0 Å². The average Bonchev–Trinajstić information content (AvgIpc) is 2.37. The van der Waals surface area contributed by atoms with Crippen molar-refractivity contribution < 1.29 is 19.1 Å². The largest absolute Gasteiger partial charge is 0.478 e. The van der Waals surface area contributed by atoms with Gasteiger partial charge in [0, 0.05) is 0 Å². The number of methoxy groups -OCH3 is 1. The molecule has 0 saturated carbocycles. The second kappa shape index (κ2) is 6.03. The fourth-order valence-corrected chi connectivity index (χ4v) is 1.42. The first-order chi connectivity index (χ1) is 8.12. The molecule has 1 aromatic rings. The van der Waals surface area contributed by atoms with Gasteiger partial charge in [-0.1, -0.05) is 13.0 Å². The van der Waals surface area contributed by atoms with Crippen molar-refractivity contribution in [3.05, 3.63) is 29.3 Å². The lowest BCUT2D eigenvalue weighted by molar-refractivity contribution is -0.147. The summed E-state index contributed by atoms with van der Waals surface area (Å²) in [4.78, 5) is 22.1. The molecular formula is C13H16O4. The zero-order chi connectivity index (χ0) is 12.8. The molecule has 0 amide bonds. The van der Waals surface area contributed by atoms with Crippen molar-refractivity contribution in [3.63, 3.8) is 0 Å². The standard InChI is InChI=1S/C13H16O4/c1-4-10-5-6-12(11(7-10)8-14)17-9(2)13(15)16-3/h5-9H,4H2,1-3H3. The molecule has 1 unspecified atom stereocenters. The second-order valence-electron chi connectivity index (χ2n) is 3.63. The van der Waals surface area contributed by atoms with Gasteiger partial charge in [0.25, 0.3) is 0 Å². The first-order valence-electron chi connectivity index (χ1n) is 5.45. The SMILES string of the molecule is CCc1ccc(OC(C)C(=O)OC)c(C=O)c1. The number of rotatable bonds is 5. The summed E-state index contributed by atoms with van der Waals surface area (Å²) < 4.78 is 9.93. The number of carbonyl (C=O) groups is 2. The van der Waals surface area contributed by atoms with E-state index in [-0.39, 0.29) is 0 Å². The van der Waals surface area contributed by atoms with E-state index in [1.807, 2.05) is 13.0 Å². The van der Waals surface area contributed by atoms with Crippen LogP contribution in [0.25, 0.3) is 0 Å². The highest BCUT2D eigenvalue weighted by molar-refractivity contribution is 5.80. The molecule has 0 heterocycles. The average molecular weight is 236 g/mol. The van der Waals surface area contributed by atoms with Crippen molar-refractivity contribution in [1.29, 1.82) is 0 Å². The Morgan fingerprint density at radius 3 is 2.71 bits per heavy atom. The number of carbonyl (C=O) groups excluding carboxylic acids is 2. The van der Waals surface area contributed by atoms with Crippen LogP contribution in [-0.2, 0) is 16.0 Å². The minimum absolute atomic E-state index is 0.398. The topological polar surface area (TPSA) is 52.6 Å². The van der Waals surface area contributed by atoms with Gasteiger partial charge in [-0.05, 0) is 31.0 Å². The molecule has 1 atom stereocenters. The molecule has 1 aromatic carbocycles. The second-order valence-corrected chi connectivity index (χ2v) is 3.63. The third-order valence-electron chi connectivity index (χ3n) is 2.45. The first kappa shape index (κ1) is 13.2. The minimum atomic E-state index is -0.730. The lowest BCUT2D eigenvalue weighted by atomic mass is 10.1. The highest BCUT2D eigenvalue weighted by Crippen LogP contribution is 2.20. The Kier molecular flexibility index (Phi) is 4.69. The van der Waals surface area contributed by atoms with E-state index in [9.17, 15) is 9.59 Å². The summed E-state index contributed by atoms with van der Waals surface area (Å²) in [6.45, 7) is 3.58. The van der Waals surface area contributed by atoms with Gasteiger partial charge in [0.05, 0.1) is 12.7 Å². The Morgan fingerprint density at radius 1 is 1.47 bits per heavy atom. The molecule has 0 fully saturated rings. The van der Waals surface area contributed by atoms with E-state index in [1.54, 1.807) is 19.1 Å². The molecule has 0 N–H and O–H groups in total. The van der Waals surface area contributed by atoms with Crippen LogP contribution >= 0.6 is 0 Å². The third kappa shape index (κ3) is 3.31. The minimum Gasteiger partial charge on any atom is -0.478 e. The van der Waals surface area contributed by atoms with Crippen LogP contribution < -0.4 is 4.74 Å². The summed E-state index contributed by atoms with van der Waals surface area (Å²) in [5, 5.41) is 0. The number of benzene rings is 1. The van der Waals surface area contributed by atoms with E-state index in [4.69, 9.17) is 4.74 Å². The van der Waals surface area contributed by atoms with Gasteiger partial charge < -0.3 is 9.47 Å². The summed E-state index contributed by atoms with van der Waals surface area (Å²) in [5.41, 5.74) is 1.49. The van der Waals surface area contributed by atoms with Crippen LogP contribution in [0.5, 0.6) is 5.75 Å². The van der Waals surface area contributed by atoms with Crippen molar-refractivity contribution in [1.82, 2.24) is 0 Å². The van der Waals surface area contributed by atoms with Gasteiger partial charge in [-0.2, -0.15) is 0 Å². The Labute approximate surface area is 101 Å². The third-order valence-corrected chi connectivity index (χ3v) is 2.45. The number of hydrogen-bond donors (Lipinski definition) is 0. The molecule has 0 saturated heterocycles. The quantitative estimate of drug-likeness (QED) is 0.579. The van der Waals surface area contributed by atoms with Crippen molar-refractivity contribution >= 4 is 12.3 Å². The van der Waals surface area contributed by atoms with E-state index < -0.39 is 12.1 Å². The normalized spacial score (nSPS) is 11.7. The molecule has 0 aliphatic heterocycles. The molecule has 17 heavy (non-hydrogen) atoms. The number of hydrogen-bond acceptors (Lipinski definition) is 4. The van der Waals surface area contributed by atoms with E-state index in [2.05, 4.69) is 4.74 Å². The summed E-state index contributed by atoms with van der Waals surface area (Å²) in [7, 11) is 1.29. The van der Waals surface area contributed by atoms with Gasteiger partial charge in [0.2, 0.25) is 0 Å². The van der Waals surface area contributed by atoms with Gasteiger partial charge in [-0.3, -0.25) is 4.79 Å². The number of esters is 1. The highest BCUT2D eigenvalue weighted by Gasteiger charge is 2.16. The lowest BCUT2D eigenvalue weighted by Crippen LogP contribution is -2.25. The zero-order valence-corrected chi connectivity index (χ0v) is 10.2. The molecular weight excluding hydrogens is 220 g/mol. The van der Waals surface area contributed by atoms with E-state index in [0.29, 0.717) is 11.3 Å². The lowest BCUT2D eigenvalue weighted by Gasteiger charge is -2.14. The zero-order valence-electron chi connectivity index (χ0n) is 10.2. The van der Waals surface area contributed by atoms with Gasteiger partial charge in [-0.15, -0.1) is 0 Å². The molecule has 4 nitrogen and oxygen atoms in total. The van der Waals surface area contributed by atoms with Crippen LogP contribution in [0.3, 0.4) is 0 Å². The molecule has 0 aliphatic carbocycles. The fraction of sp³-hybridized carbons (Fsp3) is 0.385. The summed E-state index contributed by atoms with van der Waals surface area (Å²) in [5.74, 6) is -0.0727. The fourth-order valence-electron chi connectivity index (χ4n) is 1.42. The molecule has 4 heteroatoms. The Morgan fingerprint density at radius 2 is 2.18 bits per heavy atom. The summed E-state index contributed by atoms with van der Waals surface area (Å²) in [6.07, 6.45) is 0.831. The van der Waals surface area contributed by atoms with Crippen LogP contribution in [-0.4, -0.2) is 25.5 Å². The number of aryl methyl sites for hydroxylation is 1. The maximum atomic E-state index is 11.2. The van der Waals surface area contributed by atoms with Crippen LogP contribution in [0.2, 0.25) is 0 Å². The molecule has 0 bridgehead atoms. The van der Waals surface area contributed by atoms with E-state index in [0.717, 1.165) is 18.3 Å². The molecule has 1 rings (SSSR count). The predicted molar refractivity (Wildman–Crippen MR) is 63.3 cm³/mol. The van der Waals surface area contributed by atoms with Gasteiger partial charge in [0.15, 0.2) is 12.4 Å². The Balaban J connectivity index is 2.90. The van der Waals surface area contributed by atoms with Gasteiger partial charge >= 0.3 is 5.97 Å². The predicted octanol–water partition coefficient (Wildman–Crippen LogP) is 2.00. The smallest absolute Gasteiger partial charge is 0.346 e.